The maximum absolute atomic E-state index is 14.1. The van der Waals surface area contributed by atoms with Crippen LogP contribution in [0.4, 0.5) is 8.78 Å². The highest BCUT2D eigenvalue weighted by atomic mass is 19.1. The van der Waals surface area contributed by atoms with Gasteiger partial charge in [0.15, 0.2) is 5.78 Å². The summed E-state index contributed by atoms with van der Waals surface area (Å²) >= 11 is 0. The van der Waals surface area contributed by atoms with E-state index in [4.69, 9.17) is 0 Å². The van der Waals surface area contributed by atoms with Crippen LogP contribution in [0, 0.1) is 24.5 Å². The van der Waals surface area contributed by atoms with Crippen LogP contribution >= 0.6 is 0 Å². The molecule has 0 bridgehead atoms. The van der Waals surface area contributed by atoms with Crippen LogP contribution in [-0.4, -0.2) is 17.9 Å². The molecular weight excluding hydrogens is 272 g/mol. The number of aryl methyl sites for hydroxylation is 1. The monoisotopic (exact) mass is 293 g/mol. The second-order valence-electron chi connectivity index (χ2n) is 6.37. The van der Waals surface area contributed by atoms with E-state index in [0.717, 1.165) is 12.8 Å². The zero-order valence-corrected chi connectivity index (χ0v) is 12.3. The van der Waals surface area contributed by atoms with Crippen LogP contribution in [0.2, 0.25) is 0 Å². The van der Waals surface area contributed by atoms with Crippen molar-refractivity contribution in [1.82, 2.24) is 5.32 Å². The Kier molecular flexibility index (Phi) is 4.07. The highest BCUT2D eigenvalue weighted by molar-refractivity contribution is 6.00. The Morgan fingerprint density at radius 2 is 1.90 bits per heavy atom. The van der Waals surface area contributed by atoms with Gasteiger partial charge in [-0.2, -0.15) is 0 Å². The summed E-state index contributed by atoms with van der Waals surface area (Å²) in [5.41, 5.74) is -0.0622. The van der Waals surface area contributed by atoms with Crippen LogP contribution < -0.4 is 5.32 Å². The molecular formula is C17H21F2NO. The summed E-state index contributed by atoms with van der Waals surface area (Å²) < 4.78 is 28.0. The summed E-state index contributed by atoms with van der Waals surface area (Å²) in [6, 6.07) is 2.43. The summed E-state index contributed by atoms with van der Waals surface area (Å²) in [5, 5.41) is 3.34. The van der Waals surface area contributed by atoms with E-state index >= 15 is 0 Å². The largest absolute Gasteiger partial charge is 0.304 e. The molecule has 114 valence electrons. The molecule has 4 heteroatoms. The Morgan fingerprint density at radius 1 is 1.14 bits per heavy atom. The number of carbonyl (C=O) groups is 1. The molecule has 1 aromatic rings. The van der Waals surface area contributed by atoms with E-state index in [1.807, 2.05) is 0 Å². The van der Waals surface area contributed by atoms with E-state index in [0.29, 0.717) is 23.9 Å². The first-order valence-electron chi connectivity index (χ1n) is 7.83. The molecule has 1 saturated carbocycles. The van der Waals surface area contributed by atoms with E-state index in [1.54, 1.807) is 6.92 Å². The van der Waals surface area contributed by atoms with Gasteiger partial charge in [0, 0.05) is 6.04 Å². The number of hydrogen-bond donors (Lipinski definition) is 1. The standard InChI is InChI=1S/C17H21F2NO/c1-10-6-8-12(18)15(16(10)19)17(21)14-9-7-11-4-2-3-5-13(11)20-14/h6,8,11,13-14,20H,2-5,7,9H2,1H3. The van der Waals surface area contributed by atoms with Crippen LogP contribution in [0.5, 0.6) is 0 Å². The van der Waals surface area contributed by atoms with Gasteiger partial charge in [0.1, 0.15) is 11.6 Å². The van der Waals surface area contributed by atoms with Gasteiger partial charge in [-0.1, -0.05) is 18.9 Å². The van der Waals surface area contributed by atoms with Crippen molar-refractivity contribution in [3.05, 3.63) is 34.9 Å². The minimum Gasteiger partial charge on any atom is -0.304 e. The Hall–Kier alpha value is -1.29. The molecule has 1 aliphatic carbocycles. The number of nitrogens with one attached hydrogen (secondary N) is 1. The molecule has 3 unspecified atom stereocenters. The first kappa shape index (κ1) is 14.6. The summed E-state index contributed by atoms with van der Waals surface area (Å²) in [7, 11) is 0. The Labute approximate surface area is 123 Å². The van der Waals surface area contributed by atoms with Gasteiger partial charge < -0.3 is 5.32 Å². The maximum atomic E-state index is 14.1. The maximum Gasteiger partial charge on any atom is 0.185 e. The van der Waals surface area contributed by atoms with Gasteiger partial charge in [0.05, 0.1) is 11.6 Å². The van der Waals surface area contributed by atoms with Gasteiger partial charge >= 0.3 is 0 Å². The minimum atomic E-state index is -0.754. The molecule has 0 spiro atoms. The number of carbonyl (C=O) groups excluding carboxylic acids is 1. The molecule has 3 rings (SSSR count). The zero-order chi connectivity index (χ0) is 15.0. The summed E-state index contributed by atoms with van der Waals surface area (Å²) in [6.07, 6.45) is 6.33. The smallest absolute Gasteiger partial charge is 0.185 e. The van der Waals surface area contributed by atoms with Crippen molar-refractivity contribution in [3.63, 3.8) is 0 Å². The number of rotatable bonds is 2. The average Bonchev–Trinajstić information content (AvgIpc) is 2.51. The lowest BCUT2D eigenvalue weighted by Crippen LogP contribution is -2.52. The molecule has 0 amide bonds. The van der Waals surface area contributed by atoms with Gasteiger partial charge in [0.25, 0.3) is 0 Å². The van der Waals surface area contributed by atoms with Gasteiger partial charge in [0.2, 0.25) is 0 Å². The van der Waals surface area contributed by atoms with Crippen LogP contribution in [0.3, 0.4) is 0 Å². The first-order valence-corrected chi connectivity index (χ1v) is 7.83. The second-order valence-corrected chi connectivity index (χ2v) is 6.37. The second kappa shape index (κ2) is 5.84. The molecule has 2 aliphatic rings. The minimum absolute atomic E-state index is 0.311. The van der Waals surface area contributed by atoms with E-state index in [1.165, 1.54) is 31.4 Å². The van der Waals surface area contributed by atoms with Crippen molar-refractivity contribution in [1.29, 1.82) is 0 Å². The topological polar surface area (TPSA) is 29.1 Å². The number of fused-ring (bicyclic) bond motifs is 1. The summed E-state index contributed by atoms with van der Waals surface area (Å²) in [4.78, 5) is 12.5. The quantitative estimate of drug-likeness (QED) is 0.841. The van der Waals surface area contributed by atoms with Gasteiger partial charge in [-0.25, -0.2) is 8.78 Å². The lowest BCUT2D eigenvalue weighted by molar-refractivity contribution is 0.0853. The van der Waals surface area contributed by atoms with E-state index in [9.17, 15) is 13.6 Å². The fraction of sp³-hybridized carbons (Fsp3) is 0.588. The van der Waals surface area contributed by atoms with Gasteiger partial charge in [-0.05, 0) is 50.2 Å². The number of halogens is 2. The van der Waals surface area contributed by atoms with E-state index < -0.39 is 23.5 Å². The normalized spacial score (nSPS) is 29.0. The van der Waals surface area contributed by atoms with Crippen LogP contribution in [0.1, 0.15) is 54.4 Å². The molecule has 21 heavy (non-hydrogen) atoms. The highest BCUT2D eigenvalue weighted by Gasteiger charge is 2.36. The van der Waals surface area contributed by atoms with E-state index in [2.05, 4.69) is 5.32 Å². The third kappa shape index (κ3) is 2.73. The molecule has 0 radical (unpaired) electrons. The van der Waals surface area contributed by atoms with Crippen molar-refractivity contribution in [3.8, 4) is 0 Å². The fourth-order valence-electron chi connectivity index (χ4n) is 3.76. The van der Waals surface area contributed by atoms with Crippen molar-refractivity contribution < 1.29 is 13.6 Å². The van der Waals surface area contributed by atoms with Crippen LogP contribution in [0.25, 0.3) is 0 Å². The first-order chi connectivity index (χ1) is 10.1. The number of Topliss-reactive ketones (excluding diaryl/α,β-unsaturated/α-hetero) is 1. The average molecular weight is 293 g/mol. The molecule has 1 aliphatic heterocycles. The van der Waals surface area contributed by atoms with Gasteiger partial charge in [-0.3, -0.25) is 4.79 Å². The Morgan fingerprint density at radius 3 is 2.71 bits per heavy atom. The molecule has 1 heterocycles. The zero-order valence-electron chi connectivity index (χ0n) is 12.3. The molecule has 1 saturated heterocycles. The number of piperidine rings is 1. The predicted molar refractivity (Wildman–Crippen MR) is 77.3 cm³/mol. The van der Waals surface area contributed by atoms with Crippen molar-refractivity contribution >= 4 is 5.78 Å². The van der Waals surface area contributed by atoms with Crippen molar-refractivity contribution in [2.45, 2.75) is 57.5 Å². The highest BCUT2D eigenvalue weighted by Crippen LogP contribution is 2.33. The molecule has 1 aromatic carbocycles. The third-order valence-corrected chi connectivity index (χ3v) is 5.00. The summed E-state index contributed by atoms with van der Waals surface area (Å²) in [5.74, 6) is -1.28. The molecule has 2 fully saturated rings. The number of ketones is 1. The fourth-order valence-corrected chi connectivity index (χ4v) is 3.76. The van der Waals surface area contributed by atoms with Crippen LogP contribution in [0.15, 0.2) is 12.1 Å². The number of hydrogen-bond acceptors (Lipinski definition) is 2. The lowest BCUT2D eigenvalue weighted by Gasteiger charge is -2.40. The molecule has 1 N–H and O–H groups in total. The summed E-state index contributed by atoms with van der Waals surface area (Å²) in [6.45, 7) is 1.55. The van der Waals surface area contributed by atoms with Gasteiger partial charge in [-0.15, -0.1) is 0 Å². The predicted octanol–water partition coefficient (Wildman–Crippen LogP) is 3.77. The van der Waals surface area contributed by atoms with Crippen LogP contribution in [-0.2, 0) is 0 Å². The third-order valence-electron chi connectivity index (χ3n) is 5.00. The lowest BCUT2D eigenvalue weighted by atomic mass is 9.76. The van der Waals surface area contributed by atoms with Crippen molar-refractivity contribution in [2.24, 2.45) is 5.92 Å². The SMILES string of the molecule is Cc1ccc(F)c(C(=O)C2CCC3CCCCC3N2)c1F. The van der Waals surface area contributed by atoms with Crippen molar-refractivity contribution in [2.75, 3.05) is 0 Å². The van der Waals surface area contributed by atoms with E-state index in [-0.39, 0.29) is 5.56 Å². The Balaban J connectivity index is 1.81. The number of benzene rings is 1. The molecule has 3 atom stereocenters. The Bertz CT molecular complexity index is 558. The molecule has 2 nitrogen and oxygen atoms in total. The molecule has 0 aromatic heterocycles.